The normalized spacial score (nSPS) is 21.5. The Morgan fingerprint density at radius 3 is 2.45 bits per heavy atom. The number of carbonyl (C=O) groups excluding carboxylic acids is 1. The van der Waals surface area contributed by atoms with Crippen molar-refractivity contribution >= 4 is 29.1 Å². The van der Waals surface area contributed by atoms with Crippen LogP contribution < -0.4 is 0 Å². The van der Waals surface area contributed by atoms with Crippen LogP contribution in [0.3, 0.4) is 0 Å². The summed E-state index contributed by atoms with van der Waals surface area (Å²) in [6, 6.07) is 12.3. The van der Waals surface area contributed by atoms with Crippen molar-refractivity contribution in [3.63, 3.8) is 0 Å². The number of fused-ring (bicyclic) bond motifs is 1. The van der Waals surface area contributed by atoms with Crippen LogP contribution in [0, 0.1) is 26.1 Å². The van der Waals surface area contributed by atoms with E-state index in [0.29, 0.717) is 11.1 Å². The van der Waals surface area contributed by atoms with Crippen molar-refractivity contribution in [2.24, 2.45) is 11.0 Å². The molecule has 0 N–H and O–H groups in total. The predicted octanol–water partition coefficient (Wildman–Crippen LogP) is 4.65. The van der Waals surface area contributed by atoms with E-state index in [9.17, 15) is 25.0 Å². The molecule has 1 amide bonds. The third-order valence-corrected chi connectivity index (χ3v) is 5.67. The highest BCUT2D eigenvalue weighted by Gasteiger charge is 2.43. The van der Waals surface area contributed by atoms with Gasteiger partial charge in [0.1, 0.15) is 0 Å². The zero-order valence-electron chi connectivity index (χ0n) is 16.8. The molecule has 0 spiro atoms. The van der Waals surface area contributed by atoms with Gasteiger partial charge in [0.05, 0.1) is 21.6 Å². The van der Waals surface area contributed by atoms with Crippen molar-refractivity contribution in [3.8, 4) is 0 Å². The number of hydrogen-bond acceptors (Lipinski definition) is 6. The molecule has 0 unspecified atom stereocenters. The molecule has 9 nitrogen and oxygen atoms in total. The maximum Gasteiger partial charge on any atom is 0.270 e. The van der Waals surface area contributed by atoms with Crippen LogP contribution in [0.25, 0.3) is 6.08 Å². The molecule has 0 radical (unpaired) electrons. The summed E-state index contributed by atoms with van der Waals surface area (Å²) in [4.78, 5) is 33.8. The summed E-state index contributed by atoms with van der Waals surface area (Å²) >= 11 is 0. The quantitative estimate of drug-likeness (QED) is 0.527. The average Bonchev–Trinajstić information content (AvgIpc) is 3.15. The van der Waals surface area contributed by atoms with Crippen LogP contribution in [0.2, 0.25) is 0 Å². The zero-order chi connectivity index (χ0) is 22.1. The van der Waals surface area contributed by atoms with Gasteiger partial charge in [0.25, 0.3) is 11.4 Å². The Kier molecular flexibility index (Phi) is 5.33. The van der Waals surface area contributed by atoms with Crippen LogP contribution >= 0.6 is 0 Å². The predicted molar refractivity (Wildman–Crippen MR) is 114 cm³/mol. The second-order valence-corrected chi connectivity index (χ2v) is 7.67. The third-order valence-electron chi connectivity index (χ3n) is 5.67. The Morgan fingerprint density at radius 1 is 1.10 bits per heavy atom. The molecule has 9 heteroatoms. The smallest absolute Gasteiger partial charge is 0.270 e. The first-order valence-corrected chi connectivity index (χ1v) is 9.93. The molecule has 1 aliphatic heterocycles. The molecule has 158 valence electrons. The lowest BCUT2D eigenvalue weighted by molar-refractivity contribution is -0.385. The molecule has 1 aliphatic carbocycles. The highest BCUT2D eigenvalue weighted by atomic mass is 16.6. The molecule has 0 saturated heterocycles. The van der Waals surface area contributed by atoms with Crippen molar-refractivity contribution in [1.82, 2.24) is 5.01 Å². The lowest BCUT2D eigenvalue weighted by Gasteiger charge is -2.29. The van der Waals surface area contributed by atoms with Gasteiger partial charge in [0, 0.05) is 37.1 Å². The van der Waals surface area contributed by atoms with E-state index in [2.05, 4.69) is 5.10 Å². The number of amides is 1. The minimum Gasteiger partial charge on any atom is -0.273 e. The first-order valence-electron chi connectivity index (χ1n) is 9.93. The van der Waals surface area contributed by atoms with E-state index in [1.165, 1.54) is 36.2 Å². The van der Waals surface area contributed by atoms with Gasteiger partial charge in [-0.2, -0.15) is 5.10 Å². The van der Waals surface area contributed by atoms with Gasteiger partial charge in [0.15, 0.2) is 0 Å². The Bertz CT molecular complexity index is 1140. The van der Waals surface area contributed by atoms with Crippen molar-refractivity contribution in [2.45, 2.75) is 32.2 Å². The second kappa shape index (κ2) is 8.10. The zero-order valence-corrected chi connectivity index (χ0v) is 16.8. The van der Waals surface area contributed by atoms with E-state index in [-0.39, 0.29) is 23.2 Å². The van der Waals surface area contributed by atoms with E-state index in [1.807, 2.05) is 6.08 Å². The Morgan fingerprint density at radius 2 is 1.77 bits per heavy atom. The van der Waals surface area contributed by atoms with Crippen molar-refractivity contribution in [3.05, 3.63) is 85.5 Å². The SMILES string of the molecule is CC(=O)N1N=C2/C(=C/c3cccc([N+](=O)[O-])c3)CCC[C@H]2[C@@H]1c1cccc([N+](=O)[O-])c1. The van der Waals surface area contributed by atoms with Crippen LogP contribution in [0.4, 0.5) is 11.4 Å². The third kappa shape index (κ3) is 3.94. The fourth-order valence-corrected chi connectivity index (χ4v) is 4.35. The second-order valence-electron chi connectivity index (χ2n) is 7.67. The molecule has 0 aromatic heterocycles. The van der Waals surface area contributed by atoms with Gasteiger partial charge in [0.2, 0.25) is 5.91 Å². The lowest BCUT2D eigenvalue weighted by atomic mass is 9.77. The molecule has 2 atom stereocenters. The van der Waals surface area contributed by atoms with Gasteiger partial charge in [-0.1, -0.05) is 24.3 Å². The molecule has 2 aliphatic rings. The molecule has 2 aromatic carbocycles. The fourth-order valence-electron chi connectivity index (χ4n) is 4.35. The number of benzene rings is 2. The number of non-ortho nitro benzene ring substituents is 2. The Balaban J connectivity index is 1.74. The average molecular weight is 420 g/mol. The largest absolute Gasteiger partial charge is 0.273 e. The maximum absolute atomic E-state index is 12.4. The standard InChI is InChI=1S/C22H20N4O5/c1-14(27)24-22(17-7-3-9-19(13-17)26(30)31)20-10-4-6-16(21(20)23-24)11-15-5-2-8-18(12-15)25(28)29/h2-3,5,7-9,11-13,20,22H,4,6,10H2,1H3/b16-11+/t20-,22+/m1/s1. The number of hydrazone groups is 1. The van der Waals surface area contributed by atoms with Crippen LogP contribution in [-0.2, 0) is 4.79 Å². The Hall–Kier alpha value is -3.88. The summed E-state index contributed by atoms with van der Waals surface area (Å²) in [5.74, 6) is -0.335. The summed E-state index contributed by atoms with van der Waals surface area (Å²) in [5, 5.41) is 28.3. The van der Waals surface area contributed by atoms with Crippen LogP contribution in [0.15, 0.2) is 59.2 Å². The number of nitro benzene ring substituents is 2. The molecule has 1 fully saturated rings. The topological polar surface area (TPSA) is 119 Å². The van der Waals surface area contributed by atoms with Crippen molar-refractivity contribution in [2.75, 3.05) is 0 Å². The summed E-state index contributed by atoms with van der Waals surface area (Å²) in [7, 11) is 0. The maximum atomic E-state index is 12.4. The van der Waals surface area contributed by atoms with Gasteiger partial charge in [-0.3, -0.25) is 25.0 Å². The number of hydrogen-bond donors (Lipinski definition) is 0. The van der Waals surface area contributed by atoms with Crippen molar-refractivity contribution < 1.29 is 14.6 Å². The summed E-state index contributed by atoms with van der Waals surface area (Å²) in [6.07, 6.45) is 4.28. The van der Waals surface area contributed by atoms with E-state index < -0.39 is 15.9 Å². The lowest BCUT2D eigenvalue weighted by Crippen LogP contribution is -2.30. The minimum absolute atomic E-state index is 0.00917. The van der Waals surface area contributed by atoms with Gasteiger partial charge < -0.3 is 0 Å². The first-order chi connectivity index (χ1) is 14.8. The number of allylic oxidation sites excluding steroid dienone is 1. The molecular formula is C22H20N4O5. The molecule has 2 aromatic rings. The number of nitro groups is 2. The van der Waals surface area contributed by atoms with Crippen LogP contribution in [0.5, 0.6) is 0 Å². The highest BCUT2D eigenvalue weighted by molar-refractivity contribution is 6.08. The number of rotatable bonds is 4. The van der Waals surface area contributed by atoms with Gasteiger partial charge in [-0.15, -0.1) is 0 Å². The summed E-state index contributed by atoms with van der Waals surface area (Å²) < 4.78 is 0. The highest BCUT2D eigenvalue weighted by Crippen LogP contribution is 2.44. The first kappa shape index (κ1) is 20.4. The van der Waals surface area contributed by atoms with Crippen molar-refractivity contribution in [1.29, 1.82) is 0 Å². The molecule has 31 heavy (non-hydrogen) atoms. The van der Waals surface area contributed by atoms with E-state index in [1.54, 1.807) is 24.3 Å². The molecule has 1 saturated carbocycles. The molecule has 0 bridgehead atoms. The monoisotopic (exact) mass is 420 g/mol. The minimum atomic E-state index is -0.452. The van der Waals surface area contributed by atoms with E-state index in [0.717, 1.165) is 30.5 Å². The molecular weight excluding hydrogens is 400 g/mol. The number of carbonyl (C=O) groups is 1. The fraction of sp³-hybridized carbons (Fsp3) is 0.273. The summed E-state index contributed by atoms with van der Waals surface area (Å²) in [5.41, 5.74) is 3.04. The summed E-state index contributed by atoms with van der Waals surface area (Å²) in [6.45, 7) is 1.43. The van der Waals surface area contributed by atoms with Gasteiger partial charge >= 0.3 is 0 Å². The molecule has 4 rings (SSSR count). The van der Waals surface area contributed by atoms with Crippen LogP contribution in [-0.4, -0.2) is 26.5 Å². The number of nitrogens with zero attached hydrogens (tertiary/aromatic N) is 4. The van der Waals surface area contributed by atoms with E-state index >= 15 is 0 Å². The van der Waals surface area contributed by atoms with Gasteiger partial charge in [-0.25, -0.2) is 5.01 Å². The molecule has 1 heterocycles. The van der Waals surface area contributed by atoms with Gasteiger partial charge in [-0.05, 0) is 42.0 Å². The van der Waals surface area contributed by atoms with Crippen LogP contribution in [0.1, 0.15) is 43.4 Å². The Labute approximate surface area is 178 Å². The van der Waals surface area contributed by atoms with E-state index in [4.69, 9.17) is 0 Å².